The van der Waals surface area contributed by atoms with Gasteiger partial charge >= 0.3 is 5.97 Å². The van der Waals surface area contributed by atoms with Gasteiger partial charge in [-0.3, -0.25) is 0 Å². The number of carbonyl (C=O) groups is 1. The second kappa shape index (κ2) is 4.75. The summed E-state index contributed by atoms with van der Waals surface area (Å²) in [5.74, 6) is -1.81. The average molecular weight is 213 g/mol. The van der Waals surface area contributed by atoms with Crippen LogP contribution in [0.15, 0.2) is 18.2 Å². The molecule has 0 aliphatic carbocycles. The van der Waals surface area contributed by atoms with Crippen molar-refractivity contribution in [2.45, 2.75) is 13.0 Å². The second-order valence-corrected chi connectivity index (χ2v) is 3.23. The Morgan fingerprint density at radius 1 is 1.60 bits per heavy atom. The number of anilines is 1. The summed E-state index contributed by atoms with van der Waals surface area (Å²) in [5, 5.41) is 20.1. The number of carboxylic acid groups (broad SMARTS) is 1. The number of hydrogen-bond acceptors (Lipinski definition) is 3. The Hall–Kier alpha value is -1.62. The van der Waals surface area contributed by atoms with Crippen LogP contribution in [-0.2, 0) is 0 Å². The van der Waals surface area contributed by atoms with Crippen LogP contribution in [0.25, 0.3) is 0 Å². The fourth-order valence-electron chi connectivity index (χ4n) is 1.08. The summed E-state index contributed by atoms with van der Waals surface area (Å²) < 4.78 is 13.3. The second-order valence-electron chi connectivity index (χ2n) is 3.23. The Labute approximate surface area is 86.4 Å². The van der Waals surface area contributed by atoms with E-state index in [2.05, 4.69) is 5.32 Å². The molecule has 0 heterocycles. The van der Waals surface area contributed by atoms with Crippen LogP contribution < -0.4 is 5.32 Å². The van der Waals surface area contributed by atoms with Crippen molar-refractivity contribution < 1.29 is 19.4 Å². The molecule has 0 spiro atoms. The molecule has 1 atom stereocenters. The van der Waals surface area contributed by atoms with Crippen molar-refractivity contribution in [3.63, 3.8) is 0 Å². The molecule has 0 saturated heterocycles. The van der Waals surface area contributed by atoms with Gasteiger partial charge in [0, 0.05) is 6.04 Å². The van der Waals surface area contributed by atoms with Crippen molar-refractivity contribution in [2.24, 2.45) is 0 Å². The van der Waals surface area contributed by atoms with Gasteiger partial charge in [-0.2, -0.15) is 0 Å². The summed E-state index contributed by atoms with van der Waals surface area (Å²) in [7, 11) is 0. The van der Waals surface area contributed by atoms with E-state index in [0.29, 0.717) is 0 Å². The van der Waals surface area contributed by atoms with Gasteiger partial charge in [0.25, 0.3) is 0 Å². The summed E-state index contributed by atoms with van der Waals surface area (Å²) in [6.07, 6.45) is 0. The number of rotatable bonds is 4. The Morgan fingerprint density at radius 2 is 2.27 bits per heavy atom. The minimum absolute atomic E-state index is 0.102. The van der Waals surface area contributed by atoms with Crippen molar-refractivity contribution >= 4 is 11.7 Å². The first-order valence-electron chi connectivity index (χ1n) is 4.45. The number of aromatic carboxylic acids is 1. The normalized spacial score (nSPS) is 12.2. The van der Waals surface area contributed by atoms with Gasteiger partial charge in [-0.05, 0) is 25.1 Å². The number of nitrogens with one attached hydrogen (secondary N) is 1. The average Bonchev–Trinajstić information content (AvgIpc) is 2.20. The highest BCUT2D eigenvalue weighted by Crippen LogP contribution is 2.16. The minimum Gasteiger partial charge on any atom is -0.478 e. The fourth-order valence-corrected chi connectivity index (χ4v) is 1.08. The van der Waals surface area contributed by atoms with Gasteiger partial charge < -0.3 is 15.5 Å². The zero-order valence-corrected chi connectivity index (χ0v) is 8.20. The molecule has 0 aliphatic heterocycles. The van der Waals surface area contributed by atoms with E-state index in [0.717, 1.165) is 6.07 Å². The summed E-state index contributed by atoms with van der Waals surface area (Å²) >= 11 is 0. The summed E-state index contributed by atoms with van der Waals surface area (Å²) in [6.45, 7) is 1.56. The molecule has 15 heavy (non-hydrogen) atoms. The zero-order valence-electron chi connectivity index (χ0n) is 8.20. The standard InChI is InChI=1S/C10H12FNO3/c1-6(5-13)12-9-3-2-7(10(14)15)4-8(9)11/h2-4,6,12-13H,5H2,1H3,(H,14,15). The van der Waals surface area contributed by atoms with E-state index in [4.69, 9.17) is 10.2 Å². The maximum atomic E-state index is 13.3. The smallest absolute Gasteiger partial charge is 0.335 e. The highest BCUT2D eigenvalue weighted by atomic mass is 19.1. The first-order chi connectivity index (χ1) is 7.04. The van der Waals surface area contributed by atoms with Gasteiger partial charge in [0.05, 0.1) is 17.9 Å². The molecule has 0 aromatic heterocycles. The van der Waals surface area contributed by atoms with Crippen molar-refractivity contribution in [2.75, 3.05) is 11.9 Å². The van der Waals surface area contributed by atoms with Gasteiger partial charge in [-0.25, -0.2) is 9.18 Å². The molecule has 82 valence electrons. The quantitative estimate of drug-likeness (QED) is 0.705. The molecule has 0 fully saturated rings. The molecule has 4 nitrogen and oxygen atoms in total. The van der Waals surface area contributed by atoms with E-state index in [1.54, 1.807) is 6.92 Å². The number of halogens is 1. The molecule has 1 aromatic rings. The van der Waals surface area contributed by atoms with Crippen LogP contribution in [0.3, 0.4) is 0 Å². The monoisotopic (exact) mass is 213 g/mol. The van der Waals surface area contributed by atoms with Crippen molar-refractivity contribution in [3.8, 4) is 0 Å². The molecule has 5 heteroatoms. The first kappa shape index (κ1) is 11.5. The molecule has 0 bridgehead atoms. The van der Waals surface area contributed by atoms with E-state index < -0.39 is 11.8 Å². The Bertz CT molecular complexity index is 368. The van der Waals surface area contributed by atoms with Crippen molar-refractivity contribution in [3.05, 3.63) is 29.6 Å². The van der Waals surface area contributed by atoms with Crippen molar-refractivity contribution in [1.29, 1.82) is 0 Å². The molecular weight excluding hydrogens is 201 g/mol. The van der Waals surface area contributed by atoms with Crippen LogP contribution in [0.4, 0.5) is 10.1 Å². The summed E-state index contributed by atoms with van der Waals surface area (Å²) in [6, 6.07) is 3.30. The fraction of sp³-hybridized carbons (Fsp3) is 0.300. The number of hydrogen-bond donors (Lipinski definition) is 3. The number of carboxylic acids is 1. The largest absolute Gasteiger partial charge is 0.478 e. The SMILES string of the molecule is CC(CO)Nc1ccc(C(=O)O)cc1F. The Balaban J connectivity index is 2.88. The number of benzene rings is 1. The maximum absolute atomic E-state index is 13.3. The third kappa shape index (κ3) is 2.92. The molecular formula is C10H12FNO3. The predicted octanol–water partition coefficient (Wildman–Crippen LogP) is 1.32. The van der Waals surface area contributed by atoms with Crippen LogP contribution in [0.1, 0.15) is 17.3 Å². The van der Waals surface area contributed by atoms with E-state index in [9.17, 15) is 9.18 Å². The van der Waals surface area contributed by atoms with E-state index in [1.165, 1.54) is 12.1 Å². The van der Waals surface area contributed by atoms with E-state index in [1.807, 2.05) is 0 Å². The molecule has 1 aromatic carbocycles. The number of aliphatic hydroxyl groups is 1. The Kier molecular flexibility index (Phi) is 3.62. The highest BCUT2D eigenvalue weighted by Gasteiger charge is 2.09. The number of aliphatic hydroxyl groups excluding tert-OH is 1. The summed E-state index contributed by atoms with van der Waals surface area (Å²) in [5.41, 5.74) is 0.0799. The van der Waals surface area contributed by atoms with Crippen molar-refractivity contribution in [1.82, 2.24) is 0 Å². The molecule has 0 saturated carbocycles. The lowest BCUT2D eigenvalue weighted by Gasteiger charge is -2.13. The molecule has 0 amide bonds. The highest BCUT2D eigenvalue weighted by molar-refractivity contribution is 5.88. The van der Waals surface area contributed by atoms with Gasteiger partial charge in [0.2, 0.25) is 0 Å². The van der Waals surface area contributed by atoms with Crippen LogP contribution >= 0.6 is 0 Å². The summed E-state index contributed by atoms with van der Waals surface area (Å²) in [4.78, 5) is 10.5. The molecule has 0 radical (unpaired) electrons. The first-order valence-corrected chi connectivity index (χ1v) is 4.45. The van der Waals surface area contributed by atoms with Crippen LogP contribution in [0.2, 0.25) is 0 Å². The van der Waals surface area contributed by atoms with Gasteiger partial charge in [-0.1, -0.05) is 0 Å². The van der Waals surface area contributed by atoms with E-state index >= 15 is 0 Å². The van der Waals surface area contributed by atoms with Crippen LogP contribution in [-0.4, -0.2) is 28.8 Å². The van der Waals surface area contributed by atoms with Gasteiger partial charge in [0.15, 0.2) is 0 Å². The predicted molar refractivity (Wildman–Crippen MR) is 53.5 cm³/mol. The topological polar surface area (TPSA) is 69.6 Å². The lowest BCUT2D eigenvalue weighted by Crippen LogP contribution is -2.20. The molecule has 3 N–H and O–H groups in total. The van der Waals surface area contributed by atoms with Crippen LogP contribution in [0, 0.1) is 5.82 Å². The maximum Gasteiger partial charge on any atom is 0.335 e. The third-order valence-electron chi connectivity index (χ3n) is 1.89. The zero-order chi connectivity index (χ0) is 11.4. The third-order valence-corrected chi connectivity index (χ3v) is 1.89. The molecule has 1 rings (SSSR count). The van der Waals surface area contributed by atoms with Gasteiger partial charge in [0.1, 0.15) is 5.82 Å². The molecule has 1 unspecified atom stereocenters. The molecule has 0 aliphatic rings. The Morgan fingerprint density at radius 3 is 2.73 bits per heavy atom. The minimum atomic E-state index is -1.17. The van der Waals surface area contributed by atoms with E-state index in [-0.39, 0.29) is 23.9 Å². The lowest BCUT2D eigenvalue weighted by molar-refractivity contribution is 0.0696. The van der Waals surface area contributed by atoms with Crippen LogP contribution in [0.5, 0.6) is 0 Å². The van der Waals surface area contributed by atoms with Gasteiger partial charge in [-0.15, -0.1) is 0 Å². The lowest BCUT2D eigenvalue weighted by atomic mass is 10.2.